The molecule has 0 spiro atoms. The molecule has 0 radical (unpaired) electrons. The van der Waals surface area contributed by atoms with Crippen molar-refractivity contribution in [1.82, 2.24) is 4.90 Å². The van der Waals surface area contributed by atoms with Crippen LogP contribution in [0.2, 0.25) is 0 Å². The normalized spacial score (nSPS) is 20.2. The number of hydrogen-bond donors (Lipinski definition) is 1. The van der Waals surface area contributed by atoms with Crippen molar-refractivity contribution in [2.45, 2.75) is 38.6 Å². The fourth-order valence-electron chi connectivity index (χ4n) is 2.48. The molecule has 1 heterocycles. The molecule has 1 unspecified atom stereocenters. The van der Waals surface area contributed by atoms with Gasteiger partial charge in [-0.2, -0.15) is 0 Å². The average Bonchev–Trinajstić information content (AvgIpc) is 2.59. The van der Waals surface area contributed by atoms with E-state index in [9.17, 15) is 13.6 Å². The lowest BCUT2D eigenvalue weighted by Gasteiger charge is -2.27. The summed E-state index contributed by atoms with van der Waals surface area (Å²) in [6.07, 6.45) is 3.79. The summed E-state index contributed by atoms with van der Waals surface area (Å²) in [4.78, 5) is 13.9. The first-order valence-corrected chi connectivity index (χ1v) is 6.57. The number of carbonyl (C=O) groups excluding carboxylic acids is 1. The van der Waals surface area contributed by atoms with Crippen molar-refractivity contribution in [3.63, 3.8) is 0 Å². The van der Waals surface area contributed by atoms with Crippen LogP contribution >= 0.6 is 0 Å². The molecule has 1 aliphatic rings. The molecule has 5 heteroatoms. The number of nitrogens with two attached hydrogens (primary N) is 1. The molecule has 19 heavy (non-hydrogen) atoms. The van der Waals surface area contributed by atoms with Gasteiger partial charge in [0.15, 0.2) is 5.82 Å². The third kappa shape index (κ3) is 2.69. The number of likely N-dealkylation sites (tertiary alicyclic amines) is 1. The van der Waals surface area contributed by atoms with E-state index in [1.165, 1.54) is 0 Å². The van der Waals surface area contributed by atoms with Gasteiger partial charge in [0.25, 0.3) is 5.91 Å². The Kier molecular flexibility index (Phi) is 4.02. The van der Waals surface area contributed by atoms with E-state index in [0.717, 1.165) is 37.8 Å². The van der Waals surface area contributed by atoms with Gasteiger partial charge in [0, 0.05) is 12.6 Å². The molecule has 0 saturated carbocycles. The highest BCUT2D eigenvalue weighted by Gasteiger charge is 2.28. The SMILES string of the molecule is CC1CCCCCN1C(=O)c1c(F)ccc(N)c1F. The van der Waals surface area contributed by atoms with Gasteiger partial charge in [0.05, 0.1) is 5.69 Å². The van der Waals surface area contributed by atoms with Gasteiger partial charge in [-0.1, -0.05) is 12.8 Å². The largest absolute Gasteiger partial charge is 0.396 e. The molecule has 0 aromatic heterocycles. The smallest absolute Gasteiger partial charge is 0.260 e. The molecular weight excluding hydrogens is 250 g/mol. The van der Waals surface area contributed by atoms with E-state index in [1.54, 1.807) is 4.90 Å². The Labute approximate surface area is 111 Å². The summed E-state index contributed by atoms with van der Waals surface area (Å²) in [7, 11) is 0. The highest BCUT2D eigenvalue weighted by atomic mass is 19.1. The first kappa shape index (κ1) is 13.8. The van der Waals surface area contributed by atoms with Crippen LogP contribution in [0.3, 0.4) is 0 Å². The fraction of sp³-hybridized carbons (Fsp3) is 0.500. The molecule has 1 atom stereocenters. The minimum atomic E-state index is -0.957. The van der Waals surface area contributed by atoms with Crippen LogP contribution in [-0.2, 0) is 0 Å². The summed E-state index contributed by atoms with van der Waals surface area (Å²) in [5, 5.41) is 0. The van der Waals surface area contributed by atoms with Gasteiger partial charge in [-0.25, -0.2) is 8.78 Å². The third-order valence-corrected chi connectivity index (χ3v) is 3.65. The molecule has 0 aliphatic carbocycles. The van der Waals surface area contributed by atoms with Crippen molar-refractivity contribution in [2.75, 3.05) is 12.3 Å². The van der Waals surface area contributed by atoms with Crippen molar-refractivity contribution < 1.29 is 13.6 Å². The summed E-state index contributed by atoms with van der Waals surface area (Å²) in [5.41, 5.74) is 4.67. The summed E-state index contributed by atoms with van der Waals surface area (Å²) in [6.45, 7) is 2.44. The van der Waals surface area contributed by atoms with Gasteiger partial charge in [0.1, 0.15) is 11.4 Å². The van der Waals surface area contributed by atoms with Gasteiger partial charge in [-0.15, -0.1) is 0 Å². The Morgan fingerprint density at radius 1 is 1.32 bits per heavy atom. The maximum atomic E-state index is 13.9. The molecule has 2 rings (SSSR count). The maximum Gasteiger partial charge on any atom is 0.260 e. The lowest BCUT2D eigenvalue weighted by Crippen LogP contribution is -2.39. The van der Waals surface area contributed by atoms with E-state index >= 15 is 0 Å². The van der Waals surface area contributed by atoms with Crippen LogP contribution in [0.25, 0.3) is 0 Å². The van der Waals surface area contributed by atoms with Gasteiger partial charge < -0.3 is 10.6 Å². The predicted molar refractivity (Wildman–Crippen MR) is 69.7 cm³/mol. The lowest BCUT2D eigenvalue weighted by molar-refractivity contribution is 0.0688. The van der Waals surface area contributed by atoms with Crippen LogP contribution in [0, 0.1) is 11.6 Å². The molecule has 1 aromatic carbocycles. The van der Waals surface area contributed by atoms with Crippen LogP contribution < -0.4 is 5.73 Å². The Morgan fingerprint density at radius 3 is 2.79 bits per heavy atom. The Balaban J connectivity index is 2.35. The molecule has 1 aromatic rings. The number of anilines is 1. The second-order valence-electron chi connectivity index (χ2n) is 5.02. The summed E-state index contributed by atoms with van der Waals surface area (Å²) < 4.78 is 27.6. The van der Waals surface area contributed by atoms with Gasteiger partial charge in [-0.3, -0.25) is 4.79 Å². The molecular formula is C14H18F2N2O. The zero-order valence-electron chi connectivity index (χ0n) is 11.0. The Hall–Kier alpha value is -1.65. The molecule has 0 bridgehead atoms. The Morgan fingerprint density at radius 2 is 2.05 bits per heavy atom. The second-order valence-corrected chi connectivity index (χ2v) is 5.02. The molecule has 1 fully saturated rings. The standard InChI is InChI=1S/C14H18F2N2O/c1-9-5-3-2-4-8-18(9)14(19)12-10(15)6-7-11(17)13(12)16/h6-7,9H,2-5,8,17H2,1H3. The van der Waals surface area contributed by atoms with Crippen molar-refractivity contribution in [1.29, 1.82) is 0 Å². The van der Waals surface area contributed by atoms with E-state index in [2.05, 4.69) is 0 Å². The number of carbonyl (C=O) groups is 1. The van der Waals surface area contributed by atoms with E-state index in [4.69, 9.17) is 5.73 Å². The molecule has 1 aliphatic heterocycles. The van der Waals surface area contributed by atoms with Gasteiger partial charge in [-0.05, 0) is 31.9 Å². The highest BCUT2D eigenvalue weighted by Crippen LogP contribution is 2.24. The minimum absolute atomic E-state index is 0.00442. The van der Waals surface area contributed by atoms with E-state index in [0.29, 0.717) is 6.54 Å². The predicted octanol–water partition coefficient (Wildman–Crippen LogP) is 2.95. The molecule has 1 amide bonds. The average molecular weight is 268 g/mol. The van der Waals surface area contributed by atoms with Crippen molar-refractivity contribution in [2.24, 2.45) is 0 Å². The zero-order valence-corrected chi connectivity index (χ0v) is 11.0. The van der Waals surface area contributed by atoms with Crippen LogP contribution in [0.15, 0.2) is 12.1 Å². The van der Waals surface area contributed by atoms with Crippen molar-refractivity contribution in [3.8, 4) is 0 Å². The topological polar surface area (TPSA) is 46.3 Å². The molecule has 104 valence electrons. The van der Waals surface area contributed by atoms with E-state index < -0.39 is 23.1 Å². The second kappa shape index (κ2) is 5.55. The highest BCUT2D eigenvalue weighted by molar-refractivity contribution is 5.96. The summed E-state index contributed by atoms with van der Waals surface area (Å²) in [6, 6.07) is 2.16. The first-order valence-electron chi connectivity index (χ1n) is 6.57. The number of rotatable bonds is 1. The maximum absolute atomic E-state index is 13.9. The number of benzene rings is 1. The minimum Gasteiger partial charge on any atom is -0.396 e. The number of nitrogen functional groups attached to an aromatic ring is 1. The van der Waals surface area contributed by atoms with Crippen LogP contribution in [-0.4, -0.2) is 23.4 Å². The quantitative estimate of drug-likeness (QED) is 0.796. The molecule has 3 nitrogen and oxygen atoms in total. The van der Waals surface area contributed by atoms with Crippen molar-refractivity contribution in [3.05, 3.63) is 29.3 Å². The number of halogens is 2. The summed E-state index contributed by atoms with van der Waals surface area (Å²) in [5.74, 6) is -2.41. The van der Waals surface area contributed by atoms with E-state index in [-0.39, 0.29) is 11.7 Å². The number of nitrogens with zero attached hydrogens (tertiary/aromatic N) is 1. The molecule has 1 saturated heterocycles. The van der Waals surface area contributed by atoms with Gasteiger partial charge in [0.2, 0.25) is 0 Å². The van der Waals surface area contributed by atoms with Crippen LogP contribution in [0.5, 0.6) is 0 Å². The molecule has 2 N–H and O–H groups in total. The van der Waals surface area contributed by atoms with Crippen LogP contribution in [0.1, 0.15) is 43.0 Å². The number of amides is 1. The zero-order chi connectivity index (χ0) is 14.0. The van der Waals surface area contributed by atoms with Crippen LogP contribution in [0.4, 0.5) is 14.5 Å². The monoisotopic (exact) mass is 268 g/mol. The number of hydrogen-bond acceptors (Lipinski definition) is 2. The Bertz CT molecular complexity index is 491. The fourth-order valence-corrected chi connectivity index (χ4v) is 2.48. The third-order valence-electron chi connectivity index (χ3n) is 3.65. The summed E-state index contributed by atoms with van der Waals surface area (Å²) >= 11 is 0. The van der Waals surface area contributed by atoms with E-state index in [1.807, 2.05) is 6.92 Å². The first-order chi connectivity index (χ1) is 9.02. The van der Waals surface area contributed by atoms with Crippen molar-refractivity contribution >= 4 is 11.6 Å². The van der Waals surface area contributed by atoms with Gasteiger partial charge >= 0.3 is 0 Å². The lowest BCUT2D eigenvalue weighted by atomic mass is 10.1.